The van der Waals surface area contributed by atoms with Crippen molar-refractivity contribution in [1.82, 2.24) is 4.98 Å². The van der Waals surface area contributed by atoms with E-state index in [-0.39, 0.29) is 5.41 Å². The van der Waals surface area contributed by atoms with Gasteiger partial charge in [-0.3, -0.25) is 0 Å². The van der Waals surface area contributed by atoms with Crippen molar-refractivity contribution < 1.29 is 5.11 Å². The summed E-state index contributed by atoms with van der Waals surface area (Å²) in [5, 5.41) is 10.8. The first-order chi connectivity index (χ1) is 8.31. The third-order valence-electron chi connectivity index (χ3n) is 3.86. The largest absolute Gasteiger partial charge is 0.396 e. The number of rotatable bonds is 3. The molecule has 0 unspecified atom stereocenters. The van der Waals surface area contributed by atoms with Gasteiger partial charge in [0.25, 0.3) is 0 Å². The zero-order valence-corrected chi connectivity index (χ0v) is 10.7. The molecule has 1 aromatic heterocycles. The standard InChI is InChI=1S/C14H17NOS/c16-10-14(7-3-4-8-14)9-13-15-11-5-1-2-6-12(11)17-13/h1-2,5-6,16H,3-4,7-10H2. The Morgan fingerprint density at radius 3 is 2.71 bits per heavy atom. The Labute approximate surface area is 105 Å². The smallest absolute Gasteiger partial charge is 0.0945 e. The van der Waals surface area contributed by atoms with E-state index >= 15 is 0 Å². The minimum absolute atomic E-state index is 0.119. The fraction of sp³-hybridized carbons (Fsp3) is 0.500. The van der Waals surface area contributed by atoms with Gasteiger partial charge in [0.2, 0.25) is 0 Å². The van der Waals surface area contributed by atoms with E-state index in [0.717, 1.165) is 24.8 Å². The number of aliphatic hydroxyl groups is 1. The molecule has 1 aromatic carbocycles. The SMILES string of the molecule is OCC1(Cc2nc3ccccc3s2)CCCC1. The monoisotopic (exact) mass is 247 g/mol. The zero-order chi connectivity index (χ0) is 11.7. The van der Waals surface area contributed by atoms with Crippen LogP contribution in [-0.4, -0.2) is 16.7 Å². The molecule has 17 heavy (non-hydrogen) atoms. The van der Waals surface area contributed by atoms with Crippen molar-refractivity contribution in [2.75, 3.05) is 6.61 Å². The highest BCUT2D eigenvalue weighted by molar-refractivity contribution is 7.18. The lowest BCUT2D eigenvalue weighted by atomic mass is 9.84. The van der Waals surface area contributed by atoms with Gasteiger partial charge in [-0.1, -0.05) is 25.0 Å². The van der Waals surface area contributed by atoms with Crippen LogP contribution >= 0.6 is 11.3 Å². The summed E-state index contributed by atoms with van der Waals surface area (Å²) in [4.78, 5) is 4.68. The molecule has 2 nitrogen and oxygen atoms in total. The lowest BCUT2D eigenvalue weighted by molar-refractivity contribution is 0.130. The van der Waals surface area contributed by atoms with E-state index in [9.17, 15) is 5.11 Å². The lowest BCUT2D eigenvalue weighted by Gasteiger charge is -2.24. The van der Waals surface area contributed by atoms with Gasteiger partial charge in [-0.2, -0.15) is 0 Å². The van der Waals surface area contributed by atoms with Gasteiger partial charge in [0.15, 0.2) is 0 Å². The highest BCUT2D eigenvalue weighted by Gasteiger charge is 2.34. The first-order valence-electron chi connectivity index (χ1n) is 6.27. The van der Waals surface area contributed by atoms with E-state index in [1.807, 2.05) is 6.07 Å². The molecule has 0 radical (unpaired) electrons. The van der Waals surface area contributed by atoms with E-state index in [4.69, 9.17) is 0 Å². The molecule has 0 aliphatic heterocycles. The molecule has 1 heterocycles. The fourth-order valence-electron chi connectivity index (χ4n) is 2.83. The minimum atomic E-state index is 0.119. The molecule has 90 valence electrons. The first kappa shape index (κ1) is 11.2. The van der Waals surface area contributed by atoms with Crippen molar-refractivity contribution in [3.8, 4) is 0 Å². The quantitative estimate of drug-likeness (QED) is 0.902. The molecule has 1 saturated carbocycles. The third kappa shape index (κ3) is 2.09. The van der Waals surface area contributed by atoms with Crippen LogP contribution in [-0.2, 0) is 6.42 Å². The van der Waals surface area contributed by atoms with Crippen molar-refractivity contribution in [2.45, 2.75) is 32.1 Å². The number of hydrogen-bond donors (Lipinski definition) is 1. The number of nitrogens with zero attached hydrogens (tertiary/aromatic N) is 1. The van der Waals surface area contributed by atoms with Crippen LogP contribution in [0.5, 0.6) is 0 Å². The molecule has 3 rings (SSSR count). The number of aliphatic hydroxyl groups excluding tert-OH is 1. The van der Waals surface area contributed by atoms with Crippen molar-refractivity contribution in [3.63, 3.8) is 0 Å². The predicted molar refractivity (Wildman–Crippen MR) is 71.3 cm³/mol. The van der Waals surface area contributed by atoms with E-state index in [1.165, 1.54) is 22.5 Å². The predicted octanol–water partition coefficient (Wildman–Crippen LogP) is 3.39. The molecule has 1 aliphatic carbocycles. The van der Waals surface area contributed by atoms with Crippen molar-refractivity contribution >= 4 is 21.6 Å². The molecule has 0 atom stereocenters. The van der Waals surface area contributed by atoms with Gasteiger partial charge < -0.3 is 5.11 Å². The summed E-state index contributed by atoms with van der Waals surface area (Å²) >= 11 is 1.78. The van der Waals surface area contributed by atoms with Crippen LogP contribution in [0.3, 0.4) is 0 Å². The summed E-state index contributed by atoms with van der Waals surface area (Å²) in [6, 6.07) is 8.28. The van der Waals surface area contributed by atoms with Gasteiger partial charge in [-0.05, 0) is 30.4 Å². The number of thiazole rings is 1. The van der Waals surface area contributed by atoms with Crippen LogP contribution in [0.25, 0.3) is 10.2 Å². The fourth-order valence-corrected chi connectivity index (χ4v) is 3.97. The van der Waals surface area contributed by atoms with Crippen molar-refractivity contribution in [2.24, 2.45) is 5.41 Å². The van der Waals surface area contributed by atoms with E-state index in [0.29, 0.717) is 6.61 Å². The summed E-state index contributed by atoms with van der Waals surface area (Å²) in [6.07, 6.45) is 5.76. The maximum Gasteiger partial charge on any atom is 0.0945 e. The highest BCUT2D eigenvalue weighted by atomic mass is 32.1. The molecule has 0 amide bonds. The zero-order valence-electron chi connectivity index (χ0n) is 9.85. The summed E-state index contributed by atoms with van der Waals surface area (Å²) in [6.45, 7) is 0.308. The Hall–Kier alpha value is -0.930. The second-order valence-corrected chi connectivity index (χ2v) is 6.23. The lowest BCUT2D eigenvalue weighted by Crippen LogP contribution is -2.24. The second-order valence-electron chi connectivity index (χ2n) is 5.12. The van der Waals surface area contributed by atoms with Gasteiger partial charge in [0, 0.05) is 13.0 Å². The number of fused-ring (bicyclic) bond motifs is 1. The molecular formula is C14H17NOS. The van der Waals surface area contributed by atoms with Crippen LogP contribution in [0, 0.1) is 5.41 Å². The summed E-state index contributed by atoms with van der Waals surface area (Å²) in [5.74, 6) is 0. The molecule has 1 N–H and O–H groups in total. The topological polar surface area (TPSA) is 33.1 Å². The van der Waals surface area contributed by atoms with Crippen molar-refractivity contribution in [3.05, 3.63) is 29.3 Å². The molecule has 0 spiro atoms. The van der Waals surface area contributed by atoms with Gasteiger partial charge in [0.05, 0.1) is 15.2 Å². The number of aromatic nitrogens is 1. The molecule has 1 fully saturated rings. The first-order valence-corrected chi connectivity index (χ1v) is 7.08. The average Bonchev–Trinajstić information content (AvgIpc) is 2.95. The summed E-state index contributed by atoms with van der Waals surface area (Å²) in [7, 11) is 0. The number of para-hydroxylation sites is 1. The summed E-state index contributed by atoms with van der Waals surface area (Å²) < 4.78 is 1.26. The highest BCUT2D eigenvalue weighted by Crippen LogP contribution is 2.41. The van der Waals surface area contributed by atoms with Gasteiger partial charge in [-0.25, -0.2) is 4.98 Å². The van der Waals surface area contributed by atoms with E-state index < -0.39 is 0 Å². The third-order valence-corrected chi connectivity index (χ3v) is 4.90. The Balaban J connectivity index is 1.89. The Morgan fingerprint density at radius 1 is 1.24 bits per heavy atom. The molecule has 3 heteroatoms. The summed E-state index contributed by atoms with van der Waals surface area (Å²) in [5.41, 5.74) is 1.21. The van der Waals surface area contributed by atoms with Crippen molar-refractivity contribution in [1.29, 1.82) is 0 Å². The molecular weight excluding hydrogens is 230 g/mol. The molecule has 0 bridgehead atoms. The van der Waals surface area contributed by atoms with Gasteiger partial charge in [0.1, 0.15) is 0 Å². The van der Waals surface area contributed by atoms with Crippen LogP contribution in [0.1, 0.15) is 30.7 Å². The number of benzene rings is 1. The average molecular weight is 247 g/mol. The van der Waals surface area contributed by atoms with Crippen LogP contribution in [0.4, 0.5) is 0 Å². The number of hydrogen-bond acceptors (Lipinski definition) is 3. The molecule has 0 saturated heterocycles. The molecule has 2 aromatic rings. The van der Waals surface area contributed by atoms with Gasteiger partial charge in [-0.15, -0.1) is 11.3 Å². The van der Waals surface area contributed by atoms with Gasteiger partial charge >= 0.3 is 0 Å². The Morgan fingerprint density at radius 2 is 2.00 bits per heavy atom. The van der Waals surface area contributed by atoms with E-state index in [2.05, 4.69) is 23.2 Å². The van der Waals surface area contributed by atoms with Crippen LogP contribution in [0.15, 0.2) is 24.3 Å². The van der Waals surface area contributed by atoms with E-state index in [1.54, 1.807) is 11.3 Å². The Kier molecular flexibility index (Phi) is 2.89. The van der Waals surface area contributed by atoms with Crippen LogP contribution < -0.4 is 0 Å². The maximum absolute atomic E-state index is 9.63. The normalized spacial score (nSPS) is 18.9. The Bertz CT molecular complexity index is 481. The maximum atomic E-state index is 9.63. The second kappa shape index (κ2) is 4.39. The minimum Gasteiger partial charge on any atom is -0.396 e. The molecule has 1 aliphatic rings. The van der Waals surface area contributed by atoms with Crippen LogP contribution in [0.2, 0.25) is 0 Å².